The van der Waals surface area contributed by atoms with Gasteiger partial charge < -0.3 is 20.1 Å². The number of carbonyl (C=O) groups is 1. The number of aryl methyl sites for hydroxylation is 1. The first-order valence-corrected chi connectivity index (χ1v) is 16.7. The van der Waals surface area contributed by atoms with Crippen LogP contribution >= 0.6 is 0 Å². The Kier molecular flexibility index (Phi) is 8.92. The normalized spacial score (nSPS) is 16.4. The zero-order valence-corrected chi connectivity index (χ0v) is 27.6. The van der Waals surface area contributed by atoms with Gasteiger partial charge >= 0.3 is 0 Å². The van der Waals surface area contributed by atoms with E-state index in [0.29, 0.717) is 29.5 Å². The Morgan fingerprint density at radius 2 is 1.80 bits per heavy atom. The van der Waals surface area contributed by atoms with Gasteiger partial charge in [0.25, 0.3) is 5.91 Å². The van der Waals surface area contributed by atoms with Gasteiger partial charge in [0, 0.05) is 23.9 Å². The van der Waals surface area contributed by atoms with Crippen LogP contribution in [-0.4, -0.2) is 52.9 Å². The lowest BCUT2D eigenvalue weighted by molar-refractivity contribution is 0.102. The third-order valence-electron chi connectivity index (χ3n) is 7.83. The number of hydrogen-bond donors (Lipinski definition) is 3. The SMILES string of the molecule is COc1cc(C2CN(c3cc(C(=O)Nc4cc(C(C)(C)C)cc(NS(C)(=O)=O)c4OC)ccc3C)N=N2)cnc1NCC1CC1. The molecule has 1 aromatic heterocycles. The van der Waals surface area contributed by atoms with Crippen LogP contribution in [0.4, 0.5) is 22.9 Å². The van der Waals surface area contributed by atoms with Crippen molar-refractivity contribution in [1.29, 1.82) is 0 Å². The molecule has 0 bridgehead atoms. The average molecular weight is 636 g/mol. The van der Waals surface area contributed by atoms with Crippen LogP contribution in [0.15, 0.2) is 52.9 Å². The van der Waals surface area contributed by atoms with Crippen LogP contribution in [-0.2, 0) is 15.4 Å². The minimum atomic E-state index is -3.61. The van der Waals surface area contributed by atoms with Gasteiger partial charge in [0.1, 0.15) is 6.04 Å². The summed E-state index contributed by atoms with van der Waals surface area (Å²) in [7, 11) is -0.549. The zero-order valence-electron chi connectivity index (χ0n) is 26.8. The van der Waals surface area contributed by atoms with Crippen molar-refractivity contribution in [2.75, 3.05) is 53.9 Å². The average Bonchev–Trinajstić information content (AvgIpc) is 3.68. The number of benzene rings is 2. The van der Waals surface area contributed by atoms with Crippen LogP contribution in [0.5, 0.6) is 11.5 Å². The van der Waals surface area contributed by atoms with E-state index < -0.39 is 10.0 Å². The second-order valence-corrected chi connectivity index (χ2v) is 14.4. The number of nitrogens with one attached hydrogen (secondary N) is 3. The Bertz CT molecular complexity index is 1730. The monoisotopic (exact) mass is 635 g/mol. The first kappa shape index (κ1) is 32.0. The lowest BCUT2D eigenvalue weighted by Crippen LogP contribution is -2.20. The van der Waals surface area contributed by atoms with Gasteiger partial charge in [-0.1, -0.05) is 32.1 Å². The topological polar surface area (TPSA) is 147 Å². The second kappa shape index (κ2) is 12.5. The van der Waals surface area contributed by atoms with E-state index in [1.165, 1.54) is 20.0 Å². The molecule has 1 aliphatic carbocycles. The van der Waals surface area contributed by atoms with Crippen LogP contribution in [0.3, 0.4) is 0 Å². The number of amides is 1. The highest BCUT2D eigenvalue weighted by Crippen LogP contribution is 2.40. The molecular formula is C32H41N7O5S. The van der Waals surface area contributed by atoms with Gasteiger partial charge in [-0.05, 0) is 72.6 Å². The number of carbonyl (C=O) groups excluding carboxylic acids is 1. The molecule has 240 valence electrons. The van der Waals surface area contributed by atoms with Gasteiger partial charge in [0.05, 0.1) is 44.1 Å². The number of nitrogens with zero attached hydrogens (tertiary/aromatic N) is 4. The largest absolute Gasteiger partial charge is 0.493 e. The Morgan fingerprint density at radius 3 is 2.44 bits per heavy atom. The molecule has 0 radical (unpaired) electrons. The van der Waals surface area contributed by atoms with Crippen LogP contribution in [0.25, 0.3) is 0 Å². The smallest absolute Gasteiger partial charge is 0.255 e. The molecule has 2 aliphatic rings. The molecule has 1 atom stereocenters. The summed E-state index contributed by atoms with van der Waals surface area (Å²) in [5.41, 5.74) is 4.02. The standard InChI is InChI=1S/C32H41N7O5S/c1-19-8-11-21(31(40)35-24-14-23(32(2,3)4)15-25(29(24)44-6)37-45(7,41)42)12-27(19)39-18-26(36-38-39)22-13-28(43-5)30(34-17-22)33-16-20-9-10-20/h8,11-15,17,20,26,37H,9-10,16,18H2,1-7H3,(H,33,34)(H,35,40). The van der Waals surface area contributed by atoms with Crippen LogP contribution in [0.2, 0.25) is 0 Å². The Morgan fingerprint density at radius 1 is 1.07 bits per heavy atom. The van der Waals surface area contributed by atoms with Crippen molar-refractivity contribution >= 4 is 38.8 Å². The van der Waals surface area contributed by atoms with E-state index in [1.807, 2.05) is 39.8 Å². The Balaban J connectivity index is 1.36. The molecule has 45 heavy (non-hydrogen) atoms. The fourth-order valence-corrected chi connectivity index (χ4v) is 5.60. The summed E-state index contributed by atoms with van der Waals surface area (Å²) in [4.78, 5) is 18.2. The summed E-state index contributed by atoms with van der Waals surface area (Å²) in [6, 6.07) is 10.6. The third kappa shape index (κ3) is 7.64. The maximum atomic E-state index is 13.6. The van der Waals surface area contributed by atoms with E-state index in [2.05, 4.69) is 30.7 Å². The van der Waals surface area contributed by atoms with Crippen LogP contribution in [0.1, 0.15) is 66.7 Å². The second-order valence-electron chi connectivity index (χ2n) is 12.6. The van der Waals surface area contributed by atoms with Crippen molar-refractivity contribution in [3.05, 3.63) is 64.8 Å². The number of aromatic nitrogens is 1. The molecule has 1 fully saturated rings. The molecule has 1 aliphatic heterocycles. The first-order valence-electron chi connectivity index (χ1n) is 14.8. The van der Waals surface area contributed by atoms with Crippen LogP contribution < -0.4 is 29.8 Å². The molecule has 12 nitrogen and oxygen atoms in total. The van der Waals surface area contributed by atoms with Crippen molar-refractivity contribution in [2.45, 2.75) is 52.0 Å². The van der Waals surface area contributed by atoms with E-state index in [1.54, 1.807) is 42.6 Å². The molecule has 0 saturated heterocycles. The third-order valence-corrected chi connectivity index (χ3v) is 8.42. The molecule has 1 amide bonds. The maximum absolute atomic E-state index is 13.6. The molecule has 0 spiro atoms. The van der Waals surface area contributed by atoms with Gasteiger partial charge in [0.2, 0.25) is 10.0 Å². The molecule has 3 N–H and O–H groups in total. The maximum Gasteiger partial charge on any atom is 0.255 e. The predicted molar refractivity (Wildman–Crippen MR) is 176 cm³/mol. The number of sulfonamides is 1. The summed E-state index contributed by atoms with van der Waals surface area (Å²) < 4.78 is 37.9. The van der Waals surface area contributed by atoms with Crippen molar-refractivity contribution in [1.82, 2.24) is 4.98 Å². The van der Waals surface area contributed by atoms with E-state index in [4.69, 9.17) is 9.47 Å². The van der Waals surface area contributed by atoms with Gasteiger partial charge in [-0.25, -0.2) is 18.4 Å². The fourth-order valence-electron chi connectivity index (χ4n) is 5.05. The number of hydrogen-bond acceptors (Lipinski definition) is 10. The van der Waals surface area contributed by atoms with E-state index in [9.17, 15) is 13.2 Å². The predicted octanol–water partition coefficient (Wildman–Crippen LogP) is 6.08. The highest BCUT2D eigenvalue weighted by Gasteiger charge is 2.27. The van der Waals surface area contributed by atoms with Gasteiger partial charge in [-0.2, -0.15) is 5.11 Å². The quantitative estimate of drug-likeness (QED) is 0.230. The first-order chi connectivity index (χ1) is 21.3. The lowest BCUT2D eigenvalue weighted by Gasteiger charge is -2.24. The molecule has 2 heterocycles. The molecule has 5 rings (SSSR count). The number of methoxy groups -OCH3 is 2. The van der Waals surface area contributed by atoms with Crippen molar-refractivity contribution in [2.24, 2.45) is 16.3 Å². The summed E-state index contributed by atoms with van der Waals surface area (Å²) in [6.45, 7) is 9.30. The van der Waals surface area contributed by atoms with Gasteiger partial charge in [0.15, 0.2) is 17.3 Å². The summed E-state index contributed by atoms with van der Waals surface area (Å²) in [6.07, 6.45) is 5.36. The lowest BCUT2D eigenvalue weighted by atomic mass is 9.86. The van der Waals surface area contributed by atoms with E-state index in [0.717, 1.165) is 41.0 Å². The van der Waals surface area contributed by atoms with Crippen LogP contribution in [0, 0.1) is 12.8 Å². The molecule has 3 aromatic rings. The summed E-state index contributed by atoms with van der Waals surface area (Å²) in [5.74, 6) is 1.92. The van der Waals surface area contributed by atoms with Gasteiger partial charge in [-0.15, -0.1) is 0 Å². The van der Waals surface area contributed by atoms with Gasteiger partial charge in [-0.3, -0.25) is 9.52 Å². The molecule has 1 saturated carbocycles. The number of ether oxygens (including phenoxy) is 2. The fraction of sp³-hybridized carbons (Fsp3) is 0.438. The van der Waals surface area contributed by atoms with E-state index in [-0.39, 0.29) is 28.8 Å². The molecule has 13 heteroatoms. The summed E-state index contributed by atoms with van der Waals surface area (Å²) >= 11 is 0. The highest BCUT2D eigenvalue weighted by molar-refractivity contribution is 7.92. The highest BCUT2D eigenvalue weighted by atomic mass is 32.2. The Labute approximate surface area is 264 Å². The zero-order chi connectivity index (χ0) is 32.5. The number of rotatable bonds is 11. The molecule has 2 aromatic carbocycles. The number of anilines is 4. The minimum Gasteiger partial charge on any atom is -0.493 e. The van der Waals surface area contributed by atoms with Crippen molar-refractivity contribution in [3.63, 3.8) is 0 Å². The molecular weight excluding hydrogens is 594 g/mol. The van der Waals surface area contributed by atoms with E-state index >= 15 is 0 Å². The summed E-state index contributed by atoms with van der Waals surface area (Å²) in [5, 5.41) is 17.0. The van der Waals surface area contributed by atoms with Crippen molar-refractivity contribution < 1.29 is 22.7 Å². The minimum absolute atomic E-state index is 0.211. The Hall–Kier alpha value is -4.39. The number of pyridine rings is 1. The molecule has 1 unspecified atom stereocenters. The van der Waals surface area contributed by atoms with Crippen molar-refractivity contribution in [3.8, 4) is 11.5 Å².